The number of para-hydroxylation sites is 2. The van der Waals surface area contributed by atoms with E-state index in [2.05, 4.69) is 20.4 Å². The van der Waals surface area contributed by atoms with Crippen molar-refractivity contribution in [2.75, 3.05) is 24.3 Å². The van der Waals surface area contributed by atoms with Gasteiger partial charge in [0.15, 0.2) is 5.65 Å². The molecular formula is C27H28N8O3. The third-order valence-electron chi connectivity index (χ3n) is 7.63. The number of anilines is 2. The standard InChI is InChI=1S/C27H28N8O3/c1-33(2)21-10-6-5-9-20(21)32-24(36)18-8-4-3-7-17(18)22-19-14-31-35(23(19)30-15-29-22)25-27(28)12-11-16(13-27)34(25)26(37)38/h3-10,14-16,25H,11-13,28H2,1-2H3,(H,32,36)(H,37,38). The number of nitrogens with zero attached hydrogens (tertiary/aromatic N) is 6. The van der Waals surface area contributed by atoms with Gasteiger partial charge in [0.05, 0.1) is 34.2 Å². The van der Waals surface area contributed by atoms with Crippen LogP contribution in [0.1, 0.15) is 35.8 Å². The highest BCUT2D eigenvalue weighted by molar-refractivity contribution is 6.11. The number of amides is 2. The fraction of sp³-hybridized carbons (Fsp3) is 0.296. The van der Waals surface area contributed by atoms with Gasteiger partial charge < -0.3 is 21.1 Å². The molecule has 0 spiro atoms. The first-order valence-electron chi connectivity index (χ1n) is 12.4. The van der Waals surface area contributed by atoms with Gasteiger partial charge in [0, 0.05) is 31.3 Å². The first-order chi connectivity index (χ1) is 18.3. The molecule has 4 aromatic rings. The number of carbonyl (C=O) groups excluding carboxylic acids is 1. The Morgan fingerprint density at radius 3 is 2.68 bits per heavy atom. The Morgan fingerprint density at radius 1 is 1.13 bits per heavy atom. The second kappa shape index (κ2) is 8.80. The Hall–Kier alpha value is -4.51. The van der Waals surface area contributed by atoms with E-state index in [4.69, 9.17) is 5.73 Å². The Kier molecular flexibility index (Phi) is 5.53. The molecule has 1 saturated carbocycles. The minimum atomic E-state index is -1.02. The van der Waals surface area contributed by atoms with Crippen LogP contribution in [0, 0.1) is 0 Å². The number of rotatable bonds is 5. The van der Waals surface area contributed by atoms with Gasteiger partial charge in [-0.1, -0.05) is 30.3 Å². The second-order valence-corrected chi connectivity index (χ2v) is 10.2. The van der Waals surface area contributed by atoms with Crippen LogP contribution in [0.4, 0.5) is 16.2 Å². The van der Waals surface area contributed by atoms with Crippen molar-refractivity contribution >= 4 is 34.4 Å². The van der Waals surface area contributed by atoms with E-state index >= 15 is 0 Å². The molecule has 38 heavy (non-hydrogen) atoms. The van der Waals surface area contributed by atoms with Crippen molar-refractivity contribution in [2.45, 2.75) is 37.0 Å². The summed E-state index contributed by atoms with van der Waals surface area (Å²) in [6, 6.07) is 14.7. The van der Waals surface area contributed by atoms with Crippen molar-refractivity contribution in [2.24, 2.45) is 5.73 Å². The number of nitrogens with two attached hydrogens (primary N) is 1. The molecule has 2 aliphatic rings. The van der Waals surface area contributed by atoms with E-state index in [1.807, 2.05) is 55.4 Å². The van der Waals surface area contributed by atoms with E-state index < -0.39 is 17.8 Å². The molecule has 6 rings (SSSR count). The molecular weight excluding hydrogens is 484 g/mol. The van der Waals surface area contributed by atoms with E-state index in [-0.39, 0.29) is 11.9 Å². The molecule has 3 unspecified atom stereocenters. The van der Waals surface area contributed by atoms with E-state index in [0.717, 1.165) is 12.1 Å². The molecule has 1 aliphatic carbocycles. The summed E-state index contributed by atoms with van der Waals surface area (Å²) in [5.74, 6) is -0.278. The summed E-state index contributed by atoms with van der Waals surface area (Å²) < 4.78 is 1.60. The summed E-state index contributed by atoms with van der Waals surface area (Å²) in [5, 5.41) is 18.1. The van der Waals surface area contributed by atoms with Crippen molar-refractivity contribution < 1.29 is 14.7 Å². The molecule has 3 atom stereocenters. The number of hydrogen-bond acceptors (Lipinski definition) is 7. The minimum absolute atomic E-state index is 0.141. The number of carboxylic acid groups (broad SMARTS) is 1. The molecule has 11 heteroatoms. The summed E-state index contributed by atoms with van der Waals surface area (Å²) in [5.41, 5.74) is 9.62. The van der Waals surface area contributed by atoms with Crippen LogP contribution in [0.2, 0.25) is 0 Å². The van der Waals surface area contributed by atoms with Crippen LogP contribution in [0.3, 0.4) is 0 Å². The van der Waals surface area contributed by atoms with Crippen molar-refractivity contribution in [1.82, 2.24) is 24.6 Å². The van der Waals surface area contributed by atoms with Crippen molar-refractivity contribution in [3.05, 3.63) is 66.6 Å². The molecule has 2 amide bonds. The Bertz CT molecular complexity index is 1570. The molecule has 1 saturated heterocycles. The number of benzene rings is 2. The molecule has 0 radical (unpaired) electrons. The summed E-state index contributed by atoms with van der Waals surface area (Å²) >= 11 is 0. The highest BCUT2D eigenvalue weighted by Crippen LogP contribution is 2.50. The van der Waals surface area contributed by atoms with Gasteiger partial charge in [-0.15, -0.1) is 0 Å². The predicted octanol–water partition coefficient (Wildman–Crippen LogP) is 3.55. The van der Waals surface area contributed by atoms with Crippen molar-refractivity contribution in [3.63, 3.8) is 0 Å². The smallest absolute Gasteiger partial charge is 0.409 e. The Morgan fingerprint density at radius 2 is 1.89 bits per heavy atom. The van der Waals surface area contributed by atoms with Gasteiger partial charge in [-0.25, -0.2) is 19.4 Å². The number of aromatic nitrogens is 4. The van der Waals surface area contributed by atoms with Crippen LogP contribution in [-0.4, -0.2) is 67.4 Å². The first kappa shape index (κ1) is 23.9. The minimum Gasteiger partial charge on any atom is -0.465 e. The van der Waals surface area contributed by atoms with Gasteiger partial charge in [0.2, 0.25) is 0 Å². The van der Waals surface area contributed by atoms with E-state index in [1.165, 1.54) is 11.2 Å². The molecule has 2 fully saturated rings. The summed E-state index contributed by atoms with van der Waals surface area (Å²) in [6.45, 7) is 0. The van der Waals surface area contributed by atoms with Crippen molar-refractivity contribution in [1.29, 1.82) is 0 Å². The lowest BCUT2D eigenvalue weighted by Gasteiger charge is -2.37. The lowest BCUT2D eigenvalue weighted by atomic mass is 9.96. The maximum absolute atomic E-state index is 13.5. The fourth-order valence-electron chi connectivity index (χ4n) is 5.95. The maximum Gasteiger partial charge on any atom is 0.409 e. The number of nitrogens with one attached hydrogen (secondary N) is 1. The highest BCUT2D eigenvalue weighted by Gasteiger charge is 2.58. The maximum atomic E-state index is 13.5. The Labute approximate surface area is 218 Å². The second-order valence-electron chi connectivity index (χ2n) is 10.2. The van der Waals surface area contributed by atoms with E-state index in [1.54, 1.807) is 23.0 Å². The molecule has 194 valence electrons. The largest absolute Gasteiger partial charge is 0.465 e. The van der Waals surface area contributed by atoms with Gasteiger partial charge in [-0.3, -0.25) is 9.69 Å². The SMILES string of the molecule is CN(C)c1ccccc1NC(=O)c1ccccc1-c1ncnc2c1cnn2C1N(C(=O)O)C2CCC1(N)C2. The quantitative estimate of drug-likeness (QED) is 0.368. The number of fused-ring (bicyclic) bond motifs is 3. The number of likely N-dealkylation sites (tertiary alicyclic amines) is 1. The van der Waals surface area contributed by atoms with Crippen LogP contribution < -0.4 is 16.0 Å². The number of hydrogen-bond donors (Lipinski definition) is 3. The van der Waals surface area contributed by atoms with E-state index in [9.17, 15) is 14.7 Å². The summed E-state index contributed by atoms with van der Waals surface area (Å²) in [6.07, 6.45) is 3.37. The zero-order valence-electron chi connectivity index (χ0n) is 21.1. The predicted molar refractivity (Wildman–Crippen MR) is 143 cm³/mol. The van der Waals surface area contributed by atoms with Crippen LogP contribution in [0.15, 0.2) is 61.1 Å². The van der Waals surface area contributed by atoms with Gasteiger partial charge in [0.25, 0.3) is 5.91 Å². The molecule has 2 bridgehead atoms. The number of piperidine rings is 1. The zero-order valence-corrected chi connectivity index (χ0v) is 21.1. The van der Waals surface area contributed by atoms with Gasteiger partial charge in [-0.05, 0) is 37.5 Å². The monoisotopic (exact) mass is 512 g/mol. The molecule has 3 heterocycles. The van der Waals surface area contributed by atoms with Crippen LogP contribution in [0.5, 0.6) is 0 Å². The third kappa shape index (κ3) is 3.66. The lowest BCUT2D eigenvalue weighted by Crippen LogP contribution is -2.52. The molecule has 2 aromatic heterocycles. The molecule has 2 aromatic carbocycles. The average Bonchev–Trinajstić information content (AvgIpc) is 3.58. The highest BCUT2D eigenvalue weighted by atomic mass is 16.4. The van der Waals surface area contributed by atoms with Crippen LogP contribution >= 0.6 is 0 Å². The van der Waals surface area contributed by atoms with Gasteiger partial charge in [-0.2, -0.15) is 5.10 Å². The van der Waals surface area contributed by atoms with E-state index in [0.29, 0.717) is 46.4 Å². The molecule has 4 N–H and O–H groups in total. The normalized spacial score (nSPS) is 22.1. The summed E-state index contributed by atoms with van der Waals surface area (Å²) in [4.78, 5) is 38.0. The van der Waals surface area contributed by atoms with Crippen LogP contribution in [0.25, 0.3) is 22.3 Å². The zero-order chi connectivity index (χ0) is 26.6. The first-order valence-corrected chi connectivity index (χ1v) is 12.4. The van der Waals surface area contributed by atoms with Gasteiger partial charge >= 0.3 is 6.09 Å². The lowest BCUT2D eigenvalue weighted by molar-refractivity contribution is 0.0617. The fourth-order valence-corrected chi connectivity index (χ4v) is 5.95. The topological polar surface area (TPSA) is 142 Å². The summed E-state index contributed by atoms with van der Waals surface area (Å²) in [7, 11) is 3.84. The van der Waals surface area contributed by atoms with Crippen LogP contribution in [-0.2, 0) is 0 Å². The van der Waals surface area contributed by atoms with Gasteiger partial charge in [0.1, 0.15) is 12.5 Å². The molecule has 1 aliphatic heterocycles. The third-order valence-corrected chi connectivity index (χ3v) is 7.63. The Balaban J connectivity index is 1.41. The molecule has 11 nitrogen and oxygen atoms in total. The van der Waals surface area contributed by atoms with Crippen molar-refractivity contribution in [3.8, 4) is 11.3 Å². The average molecular weight is 513 g/mol. The number of carbonyl (C=O) groups is 2.